The molecule has 0 spiro atoms. The van der Waals surface area contributed by atoms with Crippen LogP contribution in [0.5, 0.6) is 5.75 Å². The fourth-order valence-corrected chi connectivity index (χ4v) is 3.11. The molecule has 0 bridgehead atoms. The highest BCUT2D eigenvalue weighted by atomic mass is 16.3. The largest absolute Gasteiger partial charge is 0.508 e. The number of rotatable bonds is 7. The lowest BCUT2D eigenvalue weighted by atomic mass is 10.1. The fraction of sp³-hybridized carbons (Fsp3) is 0.350. The van der Waals surface area contributed by atoms with Crippen molar-refractivity contribution in [3.8, 4) is 5.75 Å². The van der Waals surface area contributed by atoms with Crippen molar-refractivity contribution < 1.29 is 5.11 Å². The van der Waals surface area contributed by atoms with Crippen LogP contribution < -0.4 is 5.73 Å². The number of aromatic hydroxyl groups is 1. The summed E-state index contributed by atoms with van der Waals surface area (Å²) in [5.74, 6) is 1.22. The smallest absolute Gasteiger partial charge is 0.127 e. The molecular weight excluding hydrogens is 298 g/mol. The topological polar surface area (TPSA) is 64.1 Å². The van der Waals surface area contributed by atoms with E-state index in [1.165, 1.54) is 12.8 Å². The molecule has 0 aliphatic rings. The van der Waals surface area contributed by atoms with E-state index in [2.05, 4.69) is 23.6 Å². The average molecular weight is 323 g/mol. The summed E-state index contributed by atoms with van der Waals surface area (Å²) in [6, 6.07) is 15.3. The van der Waals surface area contributed by atoms with Gasteiger partial charge in [0.15, 0.2) is 0 Å². The minimum atomic E-state index is -0.163. The molecule has 1 atom stereocenters. The van der Waals surface area contributed by atoms with E-state index in [4.69, 9.17) is 10.7 Å². The normalized spacial score (nSPS) is 12.6. The molecule has 0 aliphatic carbocycles. The Bertz CT molecular complexity index is 792. The molecule has 3 N–H and O–H groups in total. The highest BCUT2D eigenvalue weighted by Gasteiger charge is 2.17. The zero-order chi connectivity index (χ0) is 16.9. The van der Waals surface area contributed by atoms with E-state index in [-0.39, 0.29) is 11.8 Å². The van der Waals surface area contributed by atoms with Crippen LogP contribution in [0, 0.1) is 0 Å². The van der Waals surface area contributed by atoms with E-state index >= 15 is 0 Å². The first kappa shape index (κ1) is 16.5. The Balaban J connectivity index is 1.88. The number of unbranched alkanes of at least 4 members (excludes halogenated alkanes) is 2. The van der Waals surface area contributed by atoms with Crippen LogP contribution in [0.3, 0.4) is 0 Å². The van der Waals surface area contributed by atoms with Gasteiger partial charge >= 0.3 is 0 Å². The second-order valence-corrected chi connectivity index (χ2v) is 6.29. The van der Waals surface area contributed by atoms with Gasteiger partial charge in [-0.3, -0.25) is 0 Å². The van der Waals surface area contributed by atoms with Crippen molar-refractivity contribution in [1.29, 1.82) is 0 Å². The number of aromatic nitrogens is 2. The lowest BCUT2D eigenvalue weighted by molar-refractivity contribution is 0.475. The molecule has 2 aromatic carbocycles. The van der Waals surface area contributed by atoms with Gasteiger partial charge in [-0.2, -0.15) is 0 Å². The van der Waals surface area contributed by atoms with Crippen LogP contribution in [0.15, 0.2) is 48.5 Å². The first-order chi connectivity index (χ1) is 11.7. The monoisotopic (exact) mass is 323 g/mol. The Kier molecular flexibility index (Phi) is 5.16. The maximum atomic E-state index is 9.42. The number of nitrogens with two attached hydrogens (primary N) is 1. The molecule has 0 fully saturated rings. The van der Waals surface area contributed by atoms with Gasteiger partial charge in [0.05, 0.1) is 17.1 Å². The van der Waals surface area contributed by atoms with E-state index in [1.54, 1.807) is 12.1 Å². The highest BCUT2D eigenvalue weighted by molar-refractivity contribution is 5.76. The molecule has 0 radical (unpaired) electrons. The van der Waals surface area contributed by atoms with Crippen LogP contribution in [-0.2, 0) is 13.0 Å². The highest BCUT2D eigenvalue weighted by Crippen LogP contribution is 2.23. The molecule has 1 aromatic heterocycles. The number of nitrogens with zero attached hydrogens (tertiary/aromatic N) is 2. The molecule has 4 nitrogen and oxygen atoms in total. The fourth-order valence-electron chi connectivity index (χ4n) is 3.11. The minimum Gasteiger partial charge on any atom is -0.508 e. The predicted molar refractivity (Wildman–Crippen MR) is 98.0 cm³/mol. The summed E-state index contributed by atoms with van der Waals surface area (Å²) in [4.78, 5) is 4.79. The van der Waals surface area contributed by atoms with Crippen molar-refractivity contribution in [3.63, 3.8) is 0 Å². The number of benzene rings is 2. The first-order valence-electron chi connectivity index (χ1n) is 8.67. The van der Waals surface area contributed by atoms with Crippen LogP contribution in [0.25, 0.3) is 11.0 Å². The Morgan fingerprint density at radius 2 is 1.83 bits per heavy atom. The number of para-hydroxylation sites is 2. The van der Waals surface area contributed by atoms with Crippen molar-refractivity contribution in [3.05, 3.63) is 59.9 Å². The van der Waals surface area contributed by atoms with Crippen molar-refractivity contribution in [1.82, 2.24) is 9.55 Å². The Morgan fingerprint density at radius 1 is 1.08 bits per heavy atom. The van der Waals surface area contributed by atoms with Gasteiger partial charge in [0.2, 0.25) is 0 Å². The summed E-state index contributed by atoms with van der Waals surface area (Å²) in [6.07, 6.45) is 4.24. The number of phenolic OH excluding ortho intramolecular Hbond substituents is 1. The van der Waals surface area contributed by atoms with E-state index in [9.17, 15) is 5.11 Å². The van der Waals surface area contributed by atoms with E-state index in [0.29, 0.717) is 6.42 Å². The average Bonchev–Trinajstić information content (AvgIpc) is 2.96. The molecule has 1 unspecified atom stereocenters. The summed E-state index contributed by atoms with van der Waals surface area (Å²) in [5, 5.41) is 9.42. The molecular formula is C20H25N3O. The van der Waals surface area contributed by atoms with Crippen LogP contribution in [0.1, 0.15) is 43.6 Å². The summed E-state index contributed by atoms with van der Waals surface area (Å²) in [5.41, 5.74) is 9.75. The number of hydrogen-bond donors (Lipinski definition) is 2. The lowest BCUT2D eigenvalue weighted by Gasteiger charge is -2.15. The molecule has 3 aromatic rings. The van der Waals surface area contributed by atoms with E-state index < -0.39 is 0 Å². The van der Waals surface area contributed by atoms with Gasteiger partial charge in [-0.1, -0.05) is 44.0 Å². The molecule has 24 heavy (non-hydrogen) atoms. The zero-order valence-electron chi connectivity index (χ0n) is 14.2. The molecule has 0 aliphatic heterocycles. The third-order valence-corrected chi connectivity index (χ3v) is 4.39. The molecule has 1 heterocycles. The SMILES string of the molecule is CCCCCn1c(C(N)Cc2ccc(O)cc2)nc2ccccc21. The summed E-state index contributed by atoms with van der Waals surface area (Å²) in [6.45, 7) is 3.16. The maximum Gasteiger partial charge on any atom is 0.127 e. The van der Waals surface area contributed by atoms with Crippen LogP contribution in [-0.4, -0.2) is 14.7 Å². The number of imidazole rings is 1. The third-order valence-electron chi connectivity index (χ3n) is 4.39. The first-order valence-corrected chi connectivity index (χ1v) is 8.67. The van der Waals surface area contributed by atoms with Crippen LogP contribution in [0.4, 0.5) is 0 Å². The van der Waals surface area contributed by atoms with Gasteiger partial charge in [0.1, 0.15) is 11.6 Å². The molecule has 0 amide bonds. The van der Waals surface area contributed by atoms with Gasteiger partial charge < -0.3 is 15.4 Å². The standard InChI is InChI=1S/C20H25N3O/c1-2-3-6-13-23-19-8-5-4-7-18(19)22-20(23)17(21)14-15-9-11-16(24)12-10-15/h4-5,7-12,17,24H,2-3,6,13-14,21H2,1H3. The summed E-state index contributed by atoms with van der Waals surface area (Å²) < 4.78 is 2.27. The Hall–Kier alpha value is -2.33. The number of phenols is 1. The molecule has 0 saturated heterocycles. The summed E-state index contributed by atoms with van der Waals surface area (Å²) >= 11 is 0. The number of fused-ring (bicyclic) bond motifs is 1. The van der Waals surface area contributed by atoms with Crippen molar-refractivity contribution in [2.75, 3.05) is 0 Å². The zero-order valence-corrected chi connectivity index (χ0v) is 14.2. The van der Waals surface area contributed by atoms with Gasteiger partial charge in [0.25, 0.3) is 0 Å². The second kappa shape index (κ2) is 7.49. The number of aryl methyl sites for hydroxylation is 1. The van der Waals surface area contributed by atoms with E-state index in [0.717, 1.165) is 35.4 Å². The van der Waals surface area contributed by atoms with Crippen LogP contribution >= 0.6 is 0 Å². The number of hydrogen-bond acceptors (Lipinski definition) is 3. The minimum absolute atomic E-state index is 0.163. The second-order valence-electron chi connectivity index (χ2n) is 6.29. The molecule has 3 rings (SSSR count). The van der Waals surface area contributed by atoms with Gasteiger partial charge in [0, 0.05) is 6.54 Å². The van der Waals surface area contributed by atoms with Gasteiger partial charge in [-0.25, -0.2) is 4.98 Å². The molecule has 126 valence electrons. The Morgan fingerprint density at radius 3 is 2.58 bits per heavy atom. The summed E-state index contributed by atoms with van der Waals surface area (Å²) in [7, 11) is 0. The van der Waals surface area contributed by atoms with Crippen LogP contribution in [0.2, 0.25) is 0 Å². The predicted octanol–water partition coefficient (Wildman–Crippen LogP) is 4.17. The van der Waals surface area contributed by atoms with Crippen molar-refractivity contribution >= 4 is 11.0 Å². The third kappa shape index (κ3) is 3.60. The van der Waals surface area contributed by atoms with Gasteiger partial charge in [-0.15, -0.1) is 0 Å². The Labute approximate surface area is 142 Å². The van der Waals surface area contributed by atoms with Crippen molar-refractivity contribution in [2.24, 2.45) is 5.73 Å². The van der Waals surface area contributed by atoms with Gasteiger partial charge in [-0.05, 0) is 42.7 Å². The quantitative estimate of drug-likeness (QED) is 0.641. The van der Waals surface area contributed by atoms with Crippen molar-refractivity contribution in [2.45, 2.75) is 45.2 Å². The van der Waals surface area contributed by atoms with E-state index in [1.807, 2.05) is 24.3 Å². The maximum absolute atomic E-state index is 9.42. The lowest BCUT2D eigenvalue weighted by Crippen LogP contribution is -2.19. The molecule has 4 heteroatoms. The molecule has 0 saturated carbocycles.